The van der Waals surface area contributed by atoms with Crippen molar-refractivity contribution in [3.8, 4) is 17.1 Å². The number of hydrogen-bond donors (Lipinski definition) is 3. The summed E-state index contributed by atoms with van der Waals surface area (Å²) < 4.78 is 39.8. The zero-order chi connectivity index (χ0) is 39.8. The van der Waals surface area contributed by atoms with Crippen LogP contribution >= 0.6 is 0 Å². The number of amides is 4. The van der Waals surface area contributed by atoms with Crippen LogP contribution in [0, 0.1) is 11.3 Å². The van der Waals surface area contributed by atoms with Crippen molar-refractivity contribution in [1.29, 1.82) is 0 Å². The van der Waals surface area contributed by atoms with Crippen LogP contribution in [0.25, 0.3) is 28.4 Å². The third kappa shape index (κ3) is 8.27. The van der Waals surface area contributed by atoms with Gasteiger partial charge in [0.15, 0.2) is 0 Å². The topological polar surface area (TPSA) is 186 Å². The quantitative estimate of drug-likeness (QED) is 0.297. The van der Waals surface area contributed by atoms with Crippen LogP contribution in [-0.2, 0) is 29.1 Å². The number of nitrogens with one attached hydrogen (secondary N) is 3. The lowest BCUT2D eigenvalue weighted by atomic mass is 9.85. The van der Waals surface area contributed by atoms with E-state index in [1.165, 1.54) is 11.0 Å². The third-order valence-corrected chi connectivity index (χ3v) is 12.6. The van der Waals surface area contributed by atoms with E-state index < -0.39 is 74.1 Å². The summed E-state index contributed by atoms with van der Waals surface area (Å²) in [5.41, 5.74) is 1.04. The number of alkyl carbamates (subject to hydrolysis) is 1. The minimum atomic E-state index is -3.91. The second kappa shape index (κ2) is 15.3. The van der Waals surface area contributed by atoms with Crippen molar-refractivity contribution in [3.05, 3.63) is 72.8 Å². The number of hydrogen-bond acceptors (Lipinski definition) is 10. The van der Waals surface area contributed by atoms with Crippen molar-refractivity contribution in [3.63, 3.8) is 0 Å². The van der Waals surface area contributed by atoms with Crippen LogP contribution in [0.1, 0.15) is 71.3 Å². The molecule has 2 aliphatic carbocycles. The Balaban J connectivity index is 1.26. The number of rotatable bonds is 6. The molecule has 15 heteroatoms. The number of fused-ring (bicyclic) bond motifs is 7. The Bertz CT molecular complexity index is 2200. The van der Waals surface area contributed by atoms with Gasteiger partial charge in [0.2, 0.25) is 27.7 Å². The Morgan fingerprint density at radius 2 is 1.80 bits per heavy atom. The first-order valence-corrected chi connectivity index (χ1v) is 20.7. The van der Waals surface area contributed by atoms with Gasteiger partial charge in [-0.3, -0.25) is 19.1 Å². The van der Waals surface area contributed by atoms with Gasteiger partial charge in [0.05, 0.1) is 29.4 Å². The van der Waals surface area contributed by atoms with Crippen molar-refractivity contribution in [2.75, 3.05) is 13.2 Å². The fourth-order valence-electron chi connectivity index (χ4n) is 7.32. The highest BCUT2D eigenvalue weighted by Gasteiger charge is 2.62. The summed E-state index contributed by atoms with van der Waals surface area (Å²) in [7, 11) is -3.91. The van der Waals surface area contributed by atoms with Crippen LogP contribution in [0.3, 0.4) is 0 Å². The van der Waals surface area contributed by atoms with Gasteiger partial charge in [-0.1, -0.05) is 69.3 Å². The molecule has 7 rings (SSSR count). The van der Waals surface area contributed by atoms with Crippen molar-refractivity contribution < 1.29 is 37.1 Å². The molecule has 2 aromatic carbocycles. The number of para-hydroxylation sites is 2. The molecule has 4 aliphatic rings. The van der Waals surface area contributed by atoms with Gasteiger partial charge in [-0.2, -0.15) is 0 Å². The van der Waals surface area contributed by atoms with E-state index in [0.29, 0.717) is 36.0 Å². The maximum absolute atomic E-state index is 14.6. The summed E-state index contributed by atoms with van der Waals surface area (Å²) in [6.45, 7) is 9.26. The van der Waals surface area contributed by atoms with Crippen molar-refractivity contribution >= 4 is 50.9 Å². The van der Waals surface area contributed by atoms with Gasteiger partial charge in [-0.05, 0) is 67.7 Å². The zero-order valence-electron chi connectivity index (χ0n) is 31.8. The highest BCUT2D eigenvalue weighted by atomic mass is 32.2. The standard InChI is InChI=1S/C41H48N6O8S/c1-5-27-23-41(27,38(50)46-56(52,53)29-18-19-29)45-35(48)32-22-28-24-47(32)37(49)34(40(2,3)4)44-39(51)54-20-11-7-6-8-13-25-14-12-15-26(21-25)33-36(55-28)43-31-17-10-9-16-30(31)42-33/h5,8-10,12-17,21,27-29,32,34H,1,6-7,11,18-20,22-24H2,2-4H3,(H,44,51)(H,45,48)(H,46,50)/b13-8+/t27-,28-,32+,34-,41+/m1/s1. The lowest BCUT2D eigenvalue weighted by molar-refractivity contribution is -0.142. The molecule has 3 aromatic rings. The second-order valence-electron chi connectivity index (χ2n) is 16.1. The first kappa shape index (κ1) is 38.9. The van der Waals surface area contributed by atoms with E-state index in [9.17, 15) is 27.6 Å². The summed E-state index contributed by atoms with van der Waals surface area (Å²) >= 11 is 0. The number of benzene rings is 2. The van der Waals surface area contributed by atoms with Gasteiger partial charge in [0, 0.05) is 17.9 Å². The zero-order valence-corrected chi connectivity index (χ0v) is 32.6. The number of cyclic esters (lactones) is 1. The molecule has 0 spiro atoms. The molecule has 1 aromatic heterocycles. The van der Waals surface area contributed by atoms with E-state index >= 15 is 0 Å². The average molecular weight is 785 g/mol. The third-order valence-electron chi connectivity index (χ3n) is 10.8. The molecule has 4 amide bonds. The van der Waals surface area contributed by atoms with E-state index in [4.69, 9.17) is 19.4 Å². The molecule has 3 N–H and O–H groups in total. The van der Waals surface area contributed by atoms with Gasteiger partial charge in [0.25, 0.3) is 5.91 Å². The molecule has 5 atom stereocenters. The molecular formula is C41H48N6O8S. The minimum absolute atomic E-state index is 0.00751. The van der Waals surface area contributed by atoms with Gasteiger partial charge in [-0.15, -0.1) is 6.58 Å². The Kier molecular flexibility index (Phi) is 10.7. The molecule has 3 heterocycles. The summed E-state index contributed by atoms with van der Waals surface area (Å²) in [4.78, 5) is 66.9. The minimum Gasteiger partial charge on any atom is -0.471 e. The maximum Gasteiger partial charge on any atom is 0.407 e. The Morgan fingerprint density at radius 3 is 2.50 bits per heavy atom. The first-order chi connectivity index (χ1) is 26.7. The van der Waals surface area contributed by atoms with Gasteiger partial charge >= 0.3 is 6.09 Å². The normalized spacial score (nSPS) is 26.4. The second-order valence-corrected chi connectivity index (χ2v) is 18.1. The van der Waals surface area contributed by atoms with Crippen molar-refractivity contribution in [1.82, 2.24) is 30.2 Å². The summed E-state index contributed by atoms with van der Waals surface area (Å²) in [6, 6.07) is 12.9. The molecule has 56 heavy (non-hydrogen) atoms. The molecule has 0 unspecified atom stereocenters. The van der Waals surface area contributed by atoms with Crippen LogP contribution in [0.2, 0.25) is 0 Å². The fraction of sp³-hybridized carbons (Fsp3) is 0.463. The smallest absolute Gasteiger partial charge is 0.407 e. The van der Waals surface area contributed by atoms with Gasteiger partial charge in [-0.25, -0.2) is 23.2 Å². The predicted octanol–water partition coefficient (Wildman–Crippen LogP) is 4.65. The maximum atomic E-state index is 14.6. The fourth-order valence-corrected chi connectivity index (χ4v) is 8.68. The van der Waals surface area contributed by atoms with Gasteiger partial charge < -0.3 is 25.0 Å². The number of aromatic nitrogens is 2. The summed E-state index contributed by atoms with van der Waals surface area (Å²) in [6.07, 6.45) is 7.22. The Morgan fingerprint density at radius 1 is 1.05 bits per heavy atom. The molecule has 4 bridgehead atoms. The monoisotopic (exact) mass is 784 g/mol. The lowest BCUT2D eigenvalue weighted by Gasteiger charge is -2.35. The highest BCUT2D eigenvalue weighted by Crippen LogP contribution is 2.45. The molecule has 3 fully saturated rings. The lowest BCUT2D eigenvalue weighted by Crippen LogP contribution is -2.60. The van der Waals surface area contributed by atoms with Crippen LogP contribution < -0.4 is 20.1 Å². The number of carbonyl (C=O) groups is 4. The molecule has 0 radical (unpaired) electrons. The first-order valence-electron chi connectivity index (χ1n) is 19.1. The van der Waals surface area contributed by atoms with E-state index in [1.807, 2.05) is 54.6 Å². The van der Waals surface area contributed by atoms with Crippen molar-refractivity contribution in [2.45, 2.75) is 94.7 Å². The van der Waals surface area contributed by atoms with Crippen LogP contribution in [0.15, 0.2) is 67.3 Å². The molecule has 14 nitrogen and oxygen atoms in total. The average Bonchev–Trinajstić information content (AvgIpc) is 4.09. The largest absolute Gasteiger partial charge is 0.471 e. The Hall–Kier alpha value is -5.31. The molecule has 2 saturated carbocycles. The van der Waals surface area contributed by atoms with E-state index in [1.54, 1.807) is 20.8 Å². The summed E-state index contributed by atoms with van der Waals surface area (Å²) in [5.74, 6) is -2.40. The molecule has 296 valence electrons. The molecular weight excluding hydrogens is 737 g/mol. The van der Waals surface area contributed by atoms with Crippen molar-refractivity contribution in [2.24, 2.45) is 11.3 Å². The SMILES string of the molecule is C=C[C@@H]1C[C@@]1(NC(=O)[C@@H]1C[C@@H]2CN1C(=O)[C@H](C(C)(C)C)NC(=O)OCCCC/C=C/c1cccc(c1)-c1nc3ccccc3nc1O2)C(=O)NS(=O)(=O)C1CC1. The molecule has 2 aliphatic heterocycles. The van der Waals surface area contributed by atoms with Crippen LogP contribution in [0.4, 0.5) is 4.79 Å². The van der Waals surface area contributed by atoms with E-state index in [0.717, 1.165) is 24.0 Å². The van der Waals surface area contributed by atoms with E-state index in [2.05, 4.69) is 28.0 Å². The highest BCUT2D eigenvalue weighted by molar-refractivity contribution is 7.91. The van der Waals surface area contributed by atoms with E-state index in [-0.39, 0.29) is 31.9 Å². The number of nitrogens with zero attached hydrogens (tertiary/aromatic N) is 3. The van der Waals surface area contributed by atoms with Gasteiger partial charge in [0.1, 0.15) is 29.4 Å². The number of carbonyl (C=O) groups excluding carboxylic acids is 4. The predicted molar refractivity (Wildman–Crippen MR) is 209 cm³/mol. The Labute approximate surface area is 326 Å². The number of allylic oxidation sites excluding steroid dienone is 1. The number of sulfonamides is 1. The van der Waals surface area contributed by atoms with Crippen LogP contribution in [0.5, 0.6) is 5.88 Å². The number of ether oxygens (including phenoxy) is 2. The molecule has 1 saturated heterocycles. The summed E-state index contributed by atoms with van der Waals surface area (Å²) in [5, 5.41) is 4.91. The van der Waals surface area contributed by atoms with Crippen LogP contribution in [-0.4, -0.2) is 89.2 Å².